The molecule has 2 aromatic carbocycles. The number of hydrogen-bond acceptors (Lipinski definition) is 5. The molecule has 0 amide bonds. The Morgan fingerprint density at radius 1 is 0.852 bits per heavy atom. The molecule has 0 spiro atoms. The molecular weight excluding hydrogens is 402 g/mol. The number of rotatable bonds is 4. The molecule has 3 aromatic rings. The van der Waals surface area contributed by atoms with E-state index in [0.29, 0.717) is 15.7 Å². The number of hydrogen-bond donors (Lipinski definition) is 3. The summed E-state index contributed by atoms with van der Waals surface area (Å²) in [5, 5.41) is 6.47. The molecule has 4 N–H and O–H groups in total. The lowest BCUT2D eigenvalue weighted by Crippen LogP contribution is -2.07. The Hall–Kier alpha value is -2.71. The summed E-state index contributed by atoms with van der Waals surface area (Å²) in [6.45, 7) is 0. The average molecular weight is 414 g/mol. The van der Waals surface area contributed by atoms with Crippen LogP contribution in [0.2, 0.25) is 10.0 Å². The number of nitrogens with one attached hydrogen (secondary N) is 2. The van der Waals surface area contributed by atoms with Crippen LogP contribution in [0.3, 0.4) is 0 Å². The smallest absolute Gasteiger partial charge is 0.393 e. The minimum absolute atomic E-state index is 0.126. The Bertz CT molecular complexity index is 979. The maximum absolute atomic E-state index is 12.8. The van der Waals surface area contributed by atoms with Gasteiger partial charge in [-0.1, -0.05) is 29.3 Å². The summed E-state index contributed by atoms with van der Waals surface area (Å²) in [5.74, 6) is 0.421. The molecule has 27 heavy (non-hydrogen) atoms. The van der Waals surface area contributed by atoms with E-state index in [1.807, 2.05) is 0 Å². The monoisotopic (exact) mass is 413 g/mol. The van der Waals surface area contributed by atoms with Gasteiger partial charge in [0.2, 0.25) is 0 Å². The Morgan fingerprint density at radius 3 is 2.07 bits per heavy atom. The van der Waals surface area contributed by atoms with Crippen molar-refractivity contribution in [3.05, 3.63) is 64.4 Å². The van der Waals surface area contributed by atoms with Gasteiger partial charge in [0.15, 0.2) is 11.6 Å². The number of nitrogens with two attached hydrogens (primary N) is 1. The van der Waals surface area contributed by atoms with Gasteiger partial charge in [-0.25, -0.2) is 9.97 Å². The van der Waals surface area contributed by atoms with E-state index in [4.69, 9.17) is 28.9 Å². The van der Waals surface area contributed by atoms with Crippen LogP contribution >= 0.6 is 23.2 Å². The van der Waals surface area contributed by atoms with Gasteiger partial charge in [0.25, 0.3) is 0 Å². The summed E-state index contributed by atoms with van der Waals surface area (Å²) in [6.07, 6.45) is -3.22. The van der Waals surface area contributed by atoms with Crippen LogP contribution in [0, 0.1) is 0 Å². The van der Waals surface area contributed by atoms with Gasteiger partial charge in [-0.2, -0.15) is 13.2 Å². The van der Waals surface area contributed by atoms with Crippen molar-refractivity contribution in [2.45, 2.75) is 6.18 Å². The van der Waals surface area contributed by atoms with E-state index in [0.717, 1.165) is 12.1 Å². The van der Waals surface area contributed by atoms with E-state index < -0.39 is 11.7 Å². The summed E-state index contributed by atoms with van der Waals surface area (Å²) < 4.78 is 38.5. The molecule has 0 bridgehead atoms. The number of benzene rings is 2. The predicted molar refractivity (Wildman–Crippen MR) is 101 cm³/mol. The van der Waals surface area contributed by atoms with Crippen molar-refractivity contribution in [2.75, 3.05) is 16.4 Å². The Balaban J connectivity index is 1.86. The second-order valence-corrected chi connectivity index (χ2v) is 6.26. The lowest BCUT2D eigenvalue weighted by atomic mass is 10.2. The van der Waals surface area contributed by atoms with Crippen molar-refractivity contribution >= 4 is 51.9 Å². The third-order valence-electron chi connectivity index (χ3n) is 3.52. The molecule has 1 aromatic heterocycles. The maximum Gasteiger partial charge on any atom is 0.416 e. The van der Waals surface area contributed by atoms with Crippen molar-refractivity contribution in [3.63, 3.8) is 0 Å². The largest absolute Gasteiger partial charge is 0.416 e. The van der Waals surface area contributed by atoms with Gasteiger partial charge in [-0.05, 0) is 36.4 Å². The lowest BCUT2D eigenvalue weighted by molar-refractivity contribution is -0.137. The fraction of sp³-hybridized carbons (Fsp3) is 0.0588. The normalized spacial score (nSPS) is 11.3. The topological polar surface area (TPSA) is 75.9 Å². The minimum Gasteiger partial charge on any atom is -0.393 e. The van der Waals surface area contributed by atoms with E-state index >= 15 is 0 Å². The zero-order chi connectivity index (χ0) is 19.6. The van der Waals surface area contributed by atoms with Gasteiger partial charge in [0.1, 0.15) is 12.0 Å². The zero-order valence-corrected chi connectivity index (χ0v) is 15.0. The molecule has 0 atom stereocenters. The van der Waals surface area contributed by atoms with E-state index in [9.17, 15) is 13.2 Å². The van der Waals surface area contributed by atoms with Crippen LogP contribution in [0.15, 0.2) is 48.8 Å². The summed E-state index contributed by atoms with van der Waals surface area (Å²) in [7, 11) is 0. The highest BCUT2D eigenvalue weighted by Gasteiger charge is 2.30. The molecule has 10 heteroatoms. The van der Waals surface area contributed by atoms with Crippen LogP contribution in [0.4, 0.5) is 41.9 Å². The highest BCUT2D eigenvalue weighted by molar-refractivity contribution is 6.42. The Morgan fingerprint density at radius 2 is 1.48 bits per heavy atom. The quantitative estimate of drug-likeness (QED) is 0.498. The molecule has 0 aliphatic carbocycles. The van der Waals surface area contributed by atoms with Crippen LogP contribution < -0.4 is 16.4 Å². The number of nitrogen functional groups attached to an aromatic ring is 1. The summed E-state index contributed by atoms with van der Waals surface area (Å²) in [5.41, 5.74) is 6.16. The second-order valence-electron chi connectivity index (χ2n) is 5.44. The van der Waals surface area contributed by atoms with Crippen molar-refractivity contribution in [1.29, 1.82) is 0 Å². The van der Waals surface area contributed by atoms with E-state index in [-0.39, 0.29) is 23.0 Å². The van der Waals surface area contributed by atoms with Gasteiger partial charge >= 0.3 is 6.18 Å². The first-order chi connectivity index (χ1) is 12.7. The number of halogens is 5. The summed E-state index contributed by atoms with van der Waals surface area (Å²) in [4.78, 5) is 8.03. The predicted octanol–water partition coefficient (Wildman–Crippen LogP) is 5.87. The van der Waals surface area contributed by atoms with E-state index in [1.54, 1.807) is 18.2 Å². The highest BCUT2D eigenvalue weighted by Crippen LogP contribution is 2.33. The van der Waals surface area contributed by atoms with E-state index in [1.165, 1.54) is 18.5 Å². The SMILES string of the molecule is Nc1c(Nc2cccc(C(F)(F)F)c2)ncnc1Nc1ccc(Cl)c(Cl)c1. The molecule has 0 unspecified atom stereocenters. The molecular formula is C17H12Cl2F3N5. The molecule has 0 radical (unpaired) electrons. The Labute approximate surface area is 162 Å². The summed E-state index contributed by atoms with van der Waals surface area (Å²) >= 11 is 11.8. The minimum atomic E-state index is -4.45. The molecule has 1 heterocycles. The van der Waals surface area contributed by atoms with Gasteiger partial charge in [-0.15, -0.1) is 0 Å². The maximum atomic E-state index is 12.8. The van der Waals surface area contributed by atoms with Gasteiger partial charge < -0.3 is 16.4 Å². The van der Waals surface area contributed by atoms with Gasteiger partial charge in [0, 0.05) is 11.4 Å². The van der Waals surface area contributed by atoms with Crippen LogP contribution in [0.25, 0.3) is 0 Å². The van der Waals surface area contributed by atoms with Crippen LogP contribution in [-0.4, -0.2) is 9.97 Å². The Kier molecular flexibility index (Phi) is 5.29. The molecule has 0 fully saturated rings. The van der Waals surface area contributed by atoms with Crippen molar-refractivity contribution in [1.82, 2.24) is 9.97 Å². The van der Waals surface area contributed by atoms with Crippen LogP contribution in [0.1, 0.15) is 5.56 Å². The molecule has 0 aliphatic heterocycles. The van der Waals surface area contributed by atoms with E-state index in [2.05, 4.69) is 20.6 Å². The van der Waals surface area contributed by atoms with Crippen molar-refractivity contribution in [3.8, 4) is 0 Å². The number of alkyl halides is 3. The highest BCUT2D eigenvalue weighted by atomic mass is 35.5. The van der Waals surface area contributed by atoms with Crippen molar-refractivity contribution < 1.29 is 13.2 Å². The first-order valence-electron chi connectivity index (χ1n) is 7.51. The van der Waals surface area contributed by atoms with Gasteiger partial charge in [-0.3, -0.25) is 0 Å². The molecule has 0 saturated heterocycles. The third kappa shape index (κ3) is 4.53. The lowest BCUT2D eigenvalue weighted by Gasteiger charge is -2.14. The first-order valence-corrected chi connectivity index (χ1v) is 8.26. The fourth-order valence-electron chi connectivity index (χ4n) is 2.22. The number of aromatic nitrogens is 2. The third-order valence-corrected chi connectivity index (χ3v) is 4.26. The molecule has 5 nitrogen and oxygen atoms in total. The zero-order valence-electron chi connectivity index (χ0n) is 13.5. The van der Waals surface area contributed by atoms with Crippen LogP contribution in [0.5, 0.6) is 0 Å². The standard InChI is InChI=1S/C17H12Cl2F3N5/c18-12-5-4-11(7-13(12)19)27-16-14(23)15(24-8-25-16)26-10-3-1-2-9(6-10)17(20,21)22/h1-8H,23H2,(H2,24,25,26,27). The second kappa shape index (κ2) is 7.50. The molecule has 3 rings (SSSR count). The molecule has 0 saturated carbocycles. The van der Waals surface area contributed by atoms with Crippen molar-refractivity contribution in [2.24, 2.45) is 0 Å². The summed E-state index contributed by atoms with van der Waals surface area (Å²) in [6, 6.07) is 9.58. The first kappa shape index (κ1) is 19.1. The number of nitrogens with zero attached hydrogens (tertiary/aromatic N) is 2. The van der Waals surface area contributed by atoms with Crippen LogP contribution in [-0.2, 0) is 6.18 Å². The molecule has 0 aliphatic rings. The average Bonchev–Trinajstić information content (AvgIpc) is 2.61. The van der Waals surface area contributed by atoms with Gasteiger partial charge in [0.05, 0.1) is 15.6 Å². The molecule has 140 valence electrons. The number of anilines is 5. The fourth-order valence-corrected chi connectivity index (χ4v) is 2.51.